The van der Waals surface area contributed by atoms with Crippen molar-refractivity contribution in [2.75, 3.05) is 11.4 Å². The van der Waals surface area contributed by atoms with Gasteiger partial charge in [-0.25, -0.2) is 4.98 Å². The van der Waals surface area contributed by atoms with E-state index in [0.717, 1.165) is 11.3 Å². The Hall–Kier alpha value is -1.87. The van der Waals surface area contributed by atoms with E-state index >= 15 is 0 Å². The summed E-state index contributed by atoms with van der Waals surface area (Å²) >= 11 is 5.83. The number of carbonyl (C=O) groups is 1. The van der Waals surface area contributed by atoms with Crippen LogP contribution >= 0.6 is 11.6 Å². The number of hydrogen-bond donors (Lipinski definition) is 0. The van der Waals surface area contributed by atoms with E-state index in [1.165, 1.54) is 0 Å². The van der Waals surface area contributed by atoms with Gasteiger partial charge in [-0.05, 0) is 37.6 Å². The zero-order valence-electron chi connectivity index (χ0n) is 10.9. The quantitative estimate of drug-likeness (QED) is 0.800. The Morgan fingerprint density at radius 3 is 2.58 bits per heavy atom. The van der Waals surface area contributed by atoms with E-state index in [9.17, 15) is 4.79 Å². The maximum atomic E-state index is 12.5. The summed E-state index contributed by atoms with van der Waals surface area (Å²) in [5.41, 5.74) is 2.31. The van der Waals surface area contributed by atoms with Gasteiger partial charge in [0.1, 0.15) is 10.8 Å². The van der Waals surface area contributed by atoms with E-state index in [2.05, 4.69) is 4.98 Å². The highest BCUT2D eigenvalue weighted by Gasteiger charge is 2.18. The standard InChI is InChI=1S/C15H15ClN2O/c1-3-18(13-9-5-4-7-11(13)2)15(19)12-8-6-10-14(16)17-12/h4-10H,3H2,1-2H3. The molecule has 1 aromatic carbocycles. The lowest BCUT2D eigenvalue weighted by Crippen LogP contribution is -2.31. The molecular weight excluding hydrogens is 260 g/mol. The predicted molar refractivity (Wildman–Crippen MR) is 77.8 cm³/mol. The van der Waals surface area contributed by atoms with Gasteiger partial charge in [0.05, 0.1) is 0 Å². The molecule has 2 aromatic rings. The largest absolute Gasteiger partial charge is 0.307 e. The highest BCUT2D eigenvalue weighted by atomic mass is 35.5. The molecule has 0 spiro atoms. The van der Waals surface area contributed by atoms with Gasteiger partial charge in [-0.1, -0.05) is 35.9 Å². The average Bonchev–Trinajstić information content (AvgIpc) is 2.41. The van der Waals surface area contributed by atoms with Crippen LogP contribution in [0.5, 0.6) is 0 Å². The van der Waals surface area contributed by atoms with Crippen molar-refractivity contribution < 1.29 is 4.79 Å². The number of aromatic nitrogens is 1. The Morgan fingerprint density at radius 2 is 1.95 bits per heavy atom. The monoisotopic (exact) mass is 274 g/mol. The first kappa shape index (κ1) is 13.6. The summed E-state index contributed by atoms with van der Waals surface area (Å²) in [4.78, 5) is 18.3. The fraction of sp³-hybridized carbons (Fsp3) is 0.200. The number of hydrogen-bond acceptors (Lipinski definition) is 2. The van der Waals surface area contributed by atoms with Crippen molar-refractivity contribution in [2.24, 2.45) is 0 Å². The predicted octanol–water partition coefficient (Wildman–Crippen LogP) is 3.71. The van der Waals surface area contributed by atoms with Crippen molar-refractivity contribution in [3.63, 3.8) is 0 Å². The molecule has 0 saturated carbocycles. The summed E-state index contributed by atoms with van der Waals surface area (Å²) in [7, 11) is 0. The molecule has 0 atom stereocenters. The van der Waals surface area contributed by atoms with Crippen molar-refractivity contribution in [1.82, 2.24) is 4.98 Å². The van der Waals surface area contributed by atoms with Gasteiger partial charge in [-0.2, -0.15) is 0 Å². The Bertz CT molecular complexity index is 598. The lowest BCUT2D eigenvalue weighted by Gasteiger charge is -2.22. The molecule has 0 radical (unpaired) electrons. The molecule has 0 fully saturated rings. The molecule has 0 saturated heterocycles. The lowest BCUT2D eigenvalue weighted by atomic mass is 10.1. The third-order valence-electron chi connectivity index (χ3n) is 2.90. The normalized spacial score (nSPS) is 10.3. The van der Waals surface area contributed by atoms with Gasteiger partial charge < -0.3 is 4.90 Å². The molecule has 19 heavy (non-hydrogen) atoms. The second-order valence-electron chi connectivity index (χ2n) is 4.18. The molecule has 0 aliphatic rings. The second kappa shape index (κ2) is 5.85. The van der Waals surface area contributed by atoms with Gasteiger partial charge >= 0.3 is 0 Å². The number of para-hydroxylation sites is 1. The van der Waals surface area contributed by atoms with E-state index in [1.54, 1.807) is 23.1 Å². The lowest BCUT2D eigenvalue weighted by molar-refractivity contribution is 0.0983. The Kier molecular flexibility index (Phi) is 4.17. The number of pyridine rings is 1. The number of carbonyl (C=O) groups excluding carboxylic acids is 1. The van der Waals surface area contributed by atoms with E-state index in [4.69, 9.17) is 11.6 Å². The minimum atomic E-state index is -0.140. The van der Waals surface area contributed by atoms with Crippen molar-refractivity contribution >= 4 is 23.2 Å². The fourth-order valence-electron chi connectivity index (χ4n) is 1.96. The third-order valence-corrected chi connectivity index (χ3v) is 3.11. The molecule has 3 nitrogen and oxygen atoms in total. The highest BCUT2D eigenvalue weighted by Crippen LogP contribution is 2.21. The molecule has 0 aliphatic carbocycles. The molecule has 0 N–H and O–H groups in total. The van der Waals surface area contributed by atoms with Crippen LogP contribution in [0.25, 0.3) is 0 Å². The molecule has 1 heterocycles. The number of aryl methyl sites for hydroxylation is 1. The van der Waals surface area contributed by atoms with Gasteiger partial charge in [-0.3, -0.25) is 4.79 Å². The van der Waals surface area contributed by atoms with Crippen LogP contribution in [-0.2, 0) is 0 Å². The molecule has 2 rings (SSSR count). The van der Waals surface area contributed by atoms with Gasteiger partial charge in [0.2, 0.25) is 0 Å². The maximum absolute atomic E-state index is 12.5. The van der Waals surface area contributed by atoms with Gasteiger partial charge in [0, 0.05) is 12.2 Å². The van der Waals surface area contributed by atoms with Crippen LogP contribution in [0.1, 0.15) is 23.0 Å². The summed E-state index contributed by atoms with van der Waals surface area (Å²) in [6, 6.07) is 12.8. The van der Waals surface area contributed by atoms with Crippen molar-refractivity contribution in [3.8, 4) is 0 Å². The van der Waals surface area contributed by atoms with E-state index in [0.29, 0.717) is 17.4 Å². The second-order valence-corrected chi connectivity index (χ2v) is 4.57. The van der Waals surface area contributed by atoms with E-state index < -0.39 is 0 Å². The summed E-state index contributed by atoms with van der Waals surface area (Å²) in [6.07, 6.45) is 0. The Labute approximate surface area is 117 Å². The summed E-state index contributed by atoms with van der Waals surface area (Å²) < 4.78 is 0. The van der Waals surface area contributed by atoms with E-state index in [1.807, 2.05) is 38.1 Å². The van der Waals surface area contributed by atoms with Crippen LogP contribution in [0.15, 0.2) is 42.5 Å². The van der Waals surface area contributed by atoms with Crippen molar-refractivity contribution in [3.05, 3.63) is 58.9 Å². The minimum Gasteiger partial charge on any atom is -0.307 e. The molecule has 0 bridgehead atoms. The van der Waals surface area contributed by atoms with Crippen LogP contribution in [0, 0.1) is 6.92 Å². The van der Waals surface area contributed by atoms with E-state index in [-0.39, 0.29) is 5.91 Å². The first-order valence-electron chi connectivity index (χ1n) is 6.13. The van der Waals surface area contributed by atoms with Crippen LogP contribution < -0.4 is 4.90 Å². The number of halogens is 1. The number of amides is 1. The number of anilines is 1. The van der Waals surface area contributed by atoms with Gasteiger partial charge in [0.25, 0.3) is 5.91 Å². The first-order valence-corrected chi connectivity index (χ1v) is 6.51. The zero-order valence-corrected chi connectivity index (χ0v) is 11.7. The van der Waals surface area contributed by atoms with Crippen LogP contribution in [0.4, 0.5) is 5.69 Å². The molecule has 0 unspecified atom stereocenters. The molecule has 4 heteroatoms. The first-order chi connectivity index (χ1) is 9.13. The summed E-state index contributed by atoms with van der Waals surface area (Å²) in [6.45, 7) is 4.50. The third kappa shape index (κ3) is 2.93. The van der Waals surface area contributed by atoms with Gasteiger partial charge in [0.15, 0.2) is 0 Å². The highest BCUT2D eigenvalue weighted by molar-refractivity contribution is 6.29. The minimum absolute atomic E-state index is 0.140. The average molecular weight is 275 g/mol. The summed E-state index contributed by atoms with van der Waals surface area (Å²) in [5, 5.41) is 0.326. The smallest absolute Gasteiger partial charge is 0.276 e. The van der Waals surface area contributed by atoms with Crippen molar-refractivity contribution in [1.29, 1.82) is 0 Å². The Balaban J connectivity index is 2.38. The van der Waals surface area contributed by atoms with Gasteiger partial charge in [-0.15, -0.1) is 0 Å². The topological polar surface area (TPSA) is 33.2 Å². The zero-order chi connectivity index (χ0) is 13.8. The SMILES string of the molecule is CCN(C(=O)c1cccc(Cl)n1)c1ccccc1C. The summed E-state index contributed by atoms with van der Waals surface area (Å²) in [5.74, 6) is -0.140. The fourth-order valence-corrected chi connectivity index (χ4v) is 2.12. The van der Waals surface area contributed by atoms with Crippen LogP contribution in [-0.4, -0.2) is 17.4 Å². The number of benzene rings is 1. The van der Waals surface area contributed by atoms with Crippen molar-refractivity contribution in [2.45, 2.75) is 13.8 Å². The molecule has 1 amide bonds. The molecule has 1 aromatic heterocycles. The molecule has 0 aliphatic heterocycles. The molecule has 98 valence electrons. The van der Waals surface area contributed by atoms with Crippen LogP contribution in [0.3, 0.4) is 0 Å². The number of rotatable bonds is 3. The van der Waals surface area contributed by atoms with Crippen LogP contribution in [0.2, 0.25) is 5.15 Å². The maximum Gasteiger partial charge on any atom is 0.276 e. The molecular formula is C15H15ClN2O. The number of nitrogens with zero attached hydrogens (tertiary/aromatic N) is 2. The Morgan fingerprint density at radius 1 is 1.21 bits per heavy atom.